The predicted molar refractivity (Wildman–Crippen MR) is 64.7 cm³/mol. The summed E-state index contributed by atoms with van der Waals surface area (Å²) in [6, 6.07) is 0.271. The molecule has 3 atom stereocenters. The maximum absolute atomic E-state index is 12.2. The van der Waals surface area contributed by atoms with Gasteiger partial charge in [-0.25, -0.2) is 10.4 Å². The lowest BCUT2D eigenvalue weighted by atomic mass is 9.97. The Bertz CT molecular complexity index is 324. The van der Waals surface area contributed by atoms with E-state index in [-0.39, 0.29) is 11.9 Å². The molecule has 3 rings (SSSR count). The van der Waals surface area contributed by atoms with Gasteiger partial charge in [0, 0.05) is 25.0 Å². The molecule has 0 saturated carbocycles. The minimum Gasteiger partial charge on any atom is -0.287 e. The second kappa shape index (κ2) is 4.76. The number of rotatable bonds is 2. The molecule has 5 heteroatoms. The van der Waals surface area contributed by atoms with Crippen LogP contribution in [0.4, 0.5) is 0 Å². The molecule has 2 heterocycles. The summed E-state index contributed by atoms with van der Waals surface area (Å²) < 4.78 is 0. The fraction of sp³-hybridized carbons (Fsp3) is 0.750. The van der Waals surface area contributed by atoms with E-state index in [1.54, 1.807) is 0 Å². The van der Waals surface area contributed by atoms with Crippen LogP contribution in [0.15, 0.2) is 12.2 Å². The number of hydrogen-bond donors (Lipinski definition) is 3. The van der Waals surface area contributed by atoms with Crippen molar-refractivity contribution in [2.75, 3.05) is 13.1 Å². The van der Waals surface area contributed by atoms with E-state index in [2.05, 4.69) is 33.4 Å². The first-order valence-electron chi connectivity index (χ1n) is 6.58. The largest absolute Gasteiger partial charge is 0.287 e. The lowest BCUT2D eigenvalue weighted by molar-refractivity contribution is -0.128. The topological polar surface area (TPSA) is 56.4 Å². The van der Waals surface area contributed by atoms with E-state index in [1.807, 2.05) is 0 Å². The van der Waals surface area contributed by atoms with E-state index in [0.29, 0.717) is 12.0 Å². The van der Waals surface area contributed by atoms with Gasteiger partial charge in [-0.15, -0.1) is 0 Å². The quantitative estimate of drug-likeness (QED) is 0.587. The number of nitrogens with one attached hydrogen (secondary N) is 3. The van der Waals surface area contributed by atoms with Crippen LogP contribution in [0.2, 0.25) is 0 Å². The Balaban J connectivity index is 1.56. The van der Waals surface area contributed by atoms with Crippen molar-refractivity contribution in [1.82, 2.24) is 21.3 Å². The number of nitrogens with zero attached hydrogens (tertiary/aromatic N) is 1. The summed E-state index contributed by atoms with van der Waals surface area (Å²) in [5.74, 6) is 0.401. The van der Waals surface area contributed by atoms with E-state index in [9.17, 15) is 4.79 Å². The van der Waals surface area contributed by atoms with Crippen LogP contribution in [-0.2, 0) is 4.79 Å². The fourth-order valence-corrected chi connectivity index (χ4v) is 2.94. The summed E-state index contributed by atoms with van der Waals surface area (Å²) in [4.78, 5) is 12.2. The monoisotopic (exact) mass is 236 g/mol. The molecule has 2 fully saturated rings. The van der Waals surface area contributed by atoms with Gasteiger partial charge in [-0.05, 0) is 19.3 Å². The molecule has 0 aromatic rings. The summed E-state index contributed by atoms with van der Waals surface area (Å²) in [6.45, 7) is 1.96. The number of fused-ring (bicyclic) bond motifs is 1. The van der Waals surface area contributed by atoms with Gasteiger partial charge in [0.2, 0.25) is 0 Å². The molecule has 5 nitrogen and oxygen atoms in total. The van der Waals surface area contributed by atoms with Crippen molar-refractivity contribution in [3.05, 3.63) is 12.2 Å². The normalized spacial score (nSPS) is 37.1. The Hall–Kier alpha value is -0.910. The van der Waals surface area contributed by atoms with Crippen molar-refractivity contribution < 1.29 is 4.79 Å². The number of hydrazine groups is 2. The van der Waals surface area contributed by atoms with Gasteiger partial charge in [-0.1, -0.05) is 18.6 Å². The zero-order valence-electron chi connectivity index (χ0n) is 9.98. The van der Waals surface area contributed by atoms with Crippen LogP contribution in [0.25, 0.3) is 0 Å². The molecule has 0 bridgehead atoms. The van der Waals surface area contributed by atoms with Gasteiger partial charge >= 0.3 is 0 Å². The number of carbonyl (C=O) groups excluding carboxylic acids is 1. The Morgan fingerprint density at radius 2 is 2.06 bits per heavy atom. The summed E-state index contributed by atoms with van der Waals surface area (Å²) >= 11 is 0. The van der Waals surface area contributed by atoms with Gasteiger partial charge in [0.25, 0.3) is 5.91 Å². The van der Waals surface area contributed by atoms with Crippen LogP contribution >= 0.6 is 0 Å². The van der Waals surface area contributed by atoms with Crippen molar-refractivity contribution in [1.29, 1.82) is 0 Å². The standard InChI is InChI=1S/C12H20N4O/c17-12(15-16-7-2-1-3-8-16)11-9-5-4-6-10(9)13-14-11/h4-5,9-11,13-14H,1-3,6-8H2,(H,15,17). The molecular weight excluding hydrogens is 216 g/mol. The van der Waals surface area contributed by atoms with Gasteiger partial charge in [0.15, 0.2) is 0 Å². The van der Waals surface area contributed by atoms with E-state index in [4.69, 9.17) is 0 Å². The van der Waals surface area contributed by atoms with Gasteiger partial charge < -0.3 is 0 Å². The highest BCUT2D eigenvalue weighted by atomic mass is 16.2. The maximum Gasteiger partial charge on any atom is 0.253 e. The van der Waals surface area contributed by atoms with Gasteiger partial charge in [-0.2, -0.15) is 0 Å². The molecule has 1 aliphatic carbocycles. The van der Waals surface area contributed by atoms with Crippen LogP contribution in [0.1, 0.15) is 25.7 Å². The SMILES string of the molecule is O=C(NN1CCCCC1)C1NNC2CC=CC21. The van der Waals surface area contributed by atoms with Crippen molar-refractivity contribution in [2.24, 2.45) is 5.92 Å². The Morgan fingerprint density at radius 3 is 2.88 bits per heavy atom. The molecule has 2 aliphatic heterocycles. The van der Waals surface area contributed by atoms with Gasteiger partial charge in [0.1, 0.15) is 6.04 Å². The van der Waals surface area contributed by atoms with E-state index < -0.39 is 0 Å². The molecule has 0 spiro atoms. The zero-order valence-corrected chi connectivity index (χ0v) is 9.98. The third kappa shape index (κ3) is 2.22. The summed E-state index contributed by atoms with van der Waals surface area (Å²) in [6.07, 6.45) is 8.97. The third-order valence-electron chi connectivity index (χ3n) is 3.93. The number of hydrogen-bond acceptors (Lipinski definition) is 4. The first-order valence-corrected chi connectivity index (χ1v) is 6.58. The number of piperidine rings is 1. The summed E-state index contributed by atoms with van der Waals surface area (Å²) in [5, 5.41) is 2.06. The van der Waals surface area contributed by atoms with Gasteiger partial charge in [0.05, 0.1) is 0 Å². The molecule has 3 aliphatic rings. The van der Waals surface area contributed by atoms with Crippen LogP contribution in [0.5, 0.6) is 0 Å². The molecule has 2 saturated heterocycles. The molecule has 0 radical (unpaired) electrons. The summed E-state index contributed by atoms with van der Waals surface area (Å²) in [7, 11) is 0. The van der Waals surface area contributed by atoms with Crippen LogP contribution in [0.3, 0.4) is 0 Å². The second-order valence-electron chi connectivity index (χ2n) is 5.14. The summed E-state index contributed by atoms with van der Waals surface area (Å²) in [5.41, 5.74) is 9.33. The molecule has 94 valence electrons. The van der Waals surface area contributed by atoms with E-state index >= 15 is 0 Å². The highest BCUT2D eigenvalue weighted by molar-refractivity contribution is 5.82. The molecular formula is C12H20N4O. The molecule has 3 unspecified atom stereocenters. The van der Waals surface area contributed by atoms with Crippen LogP contribution < -0.4 is 16.3 Å². The highest BCUT2D eigenvalue weighted by Gasteiger charge is 2.40. The Labute approximate surface area is 102 Å². The van der Waals surface area contributed by atoms with Crippen LogP contribution in [-0.4, -0.2) is 36.1 Å². The number of amides is 1. The second-order valence-corrected chi connectivity index (χ2v) is 5.14. The van der Waals surface area contributed by atoms with Crippen molar-refractivity contribution in [3.8, 4) is 0 Å². The average molecular weight is 236 g/mol. The lowest BCUT2D eigenvalue weighted by Gasteiger charge is -2.28. The predicted octanol–water partition coefficient (Wildman–Crippen LogP) is -0.0754. The Morgan fingerprint density at radius 1 is 1.24 bits per heavy atom. The zero-order chi connectivity index (χ0) is 11.7. The first kappa shape index (κ1) is 11.2. The molecule has 17 heavy (non-hydrogen) atoms. The number of carbonyl (C=O) groups is 1. The minimum atomic E-state index is -0.124. The Kier molecular flexibility index (Phi) is 3.13. The average Bonchev–Trinajstić information content (AvgIpc) is 2.91. The van der Waals surface area contributed by atoms with Crippen LogP contribution in [0, 0.1) is 5.92 Å². The first-order chi connectivity index (χ1) is 8.34. The lowest BCUT2D eigenvalue weighted by Crippen LogP contribution is -2.53. The minimum absolute atomic E-state index is 0.0958. The molecule has 0 aromatic heterocycles. The smallest absolute Gasteiger partial charge is 0.253 e. The van der Waals surface area contributed by atoms with Gasteiger partial charge in [-0.3, -0.25) is 15.6 Å². The highest BCUT2D eigenvalue weighted by Crippen LogP contribution is 2.25. The molecule has 3 N–H and O–H groups in total. The molecule has 0 aromatic carbocycles. The van der Waals surface area contributed by atoms with E-state index in [0.717, 1.165) is 19.5 Å². The third-order valence-corrected chi connectivity index (χ3v) is 3.93. The van der Waals surface area contributed by atoms with E-state index in [1.165, 1.54) is 19.3 Å². The maximum atomic E-state index is 12.2. The molecule has 1 amide bonds. The fourth-order valence-electron chi connectivity index (χ4n) is 2.94. The van der Waals surface area contributed by atoms with Crippen molar-refractivity contribution in [2.45, 2.75) is 37.8 Å². The van der Waals surface area contributed by atoms with Crippen molar-refractivity contribution >= 4 is 5.91 Å². The van der Waals surface area contributed by atoms with Crippen molar-refractivity contribution in [3.63, 3.8) is 0 Å².